The summed E-state index contributed by atoms with van der Waals surface area (Å²) < 4.78 is 0. The zero-order valence-corrected chi connectivity index (χ0v) is 15.9. The minimum Gasteiger partial charge on any atom is -0.352 e. The molecule has 0 unspecified atom stereocenters. The fourth-order valence-corrected chi connectivity index (χ4v) is 4.36. The monoisotopic (exact) mass is 376 g/mol. The molecule has 0 aliphatic heterocycles. The molecule has 0 saturated carbocycles. The molecule has 2 amide bonds. The molecular formula is C19H21ClN2O2S. The standard InChI is InChI=1S/C19H21ClN2O2S/c1-22(2)19(24)17-10-14-9-13(5-8-16(14)25-17)18(23)21-11-12-3-6-15(20)7-4-12/h3-4,6-7,10,13H,5,8-9,11H2,1-2H3,(H,21,23)/t13-/m1/s1. The van der Waals surface area contributed by atoms with Gasteiger partial charge in [0.25, 0.3) is 5.91 Å². The average molecular weight is 377 g/mol. The van der Waals surface area contributed by atoms with Crippen LogP contribution in [0.5, 0.6) is 0 Å². The van der Waals surface area contributed by atoms with Crippen molar-refractivity contribution < 1.29 is 9.59 Å². The van der Waals surface area contributed by atoms with Gasteiger partial charge in [0.15, 0.2) is 0 Å². The van der Waals surface area contributed by atoms with E-state index in [1.54, 1.807) is 30.3 Å². The Kier molecular flexibility index (Phi) is 5.45. The number of amides is 2. The summed E-state index contributed by atoms with van der Waals surface area (Å²) in [6.45, 7) is 0.507. The average Bonchev–Trinajstić information content (AvgIpc) is 3.03. The van der Waals surface area contributed by atoms with Gasteiger partial charge in [-0.15, -0.1) is 11.3 Å². The molecule has 0 spiro atoms. The molecule has 1 aliphatic carbocycles. The summed E-state index contributed by atoms with van der Waals surface area (Å²) in [4.78, 5) is 28.2. The lowest BCUT2D eigenvalue weighted by atomic mass is 9.87. The fraction of sp³-hybridized carbons (Fsp3) is 0.368. The highest BCUT2D eigenvalue weighted by Gasteiger charge is 2.27. The first-order valence-electron chi connectivity index (χ1n) is 8.29. The summed E-state index contributed by atoms with van der Waals surface area (Å²) >= 11 is 7.44. The van der Waals surface area contributed by atoms with Crippen molar-refractivity contribution in [3.05, 3.63) is 56.2 Å². The third-order valence-corrected chi connectivity index (χ3v) is 5.93. The number of nitrogens with zero attached hydrogens (tertiary/aromatic N) is 1. The van der Waals surface area contributed by atoms with Crippen molar-refractivity contribution in [3.8, 4) is 0 Å². The Hall–Kier alpha value is -1.85. The number of halogens is 1. The SMILES string of the molecule is CN(C)C(=O)c1cc2c(s1)CC[C@@H](C(=O)NCc1ccc(Cl)cc1)C2. The van der Waals surface area contributed by atoms with Crippen molar-refractivity contribution in [2.75, 3.05) is 14.1 Å². The second-order valence-electron chi connectivity index (χ2n) is 6.54. The Morgan fingerprint density at radius 2 is 2.00 bits per heavy atom. The van der Waals surface area contributed by atoms with Crippen molar-refractivity contribution in [3.63, 3.8) is 0 Å². The largest absolute Gasteiger partial charge is 0.352 e. The van der Waals surface area contributed by atoms with E-state index in [1.807, 2.05) is 30.3 Å². The normalized spacial score (nSPS) is 16.2. The number of hydrogen-bond acceptors (Lipinski definition) is 3. The van der Waals surface area contributed by atoms with Crippen LogP contribution in [0, 0.1) is 5.92 Å². The van der Waals surface area contributed by atoms with Crippen LogP contribution in [-0.4, -0.2) is 30.8 Å². The Balaban J connectivity index is 1.61. The molecule has 3 rings (SSSR count). The molecule has 1 atom stereocenters. The van der Waals surface area contributed by atoms with E-state index in [1.165, 1.54) is 4.88 Å². The van der Waals surface area contributed by atoms with Crippen LogP contribution >= 0.6 is 22.9 Å². The van der Waals surface area contributed by atoms with Crippen molar-refractivity contribution in [1.82, 2.24) is 10.2 Å². The summed E-state index contributed by atoms with van der Waals surface area (Å²) in [5.74, 6) is 0.0761. The molecule has 132 valence electrons. The van der Waals surface area contributed by atoms with Gasteiger partial charge in [0, 0.05) is 36.5 Å². The number of thiophene rings is 1. The molecule has 1 aromatic carbocycles. The molecule has 25 heavy (non-hydrogen) atoms. The van der Waals surface area contributed by atoms with E-state index in [4.69, 9.17) is 11.6 Å². The van der Waals surface area contributed by atoms with E-state index in [-0.39, 0.29) is 17.7 Å². The van der Waals surface area contributed by atoms with Crippen LogP contribution in [0.1, 0.15) is 32.1 Å². The zero-order chi connectivity index (χ0) is 18.0. The highest BCUT2D eigenvalue weighted by molar-refractivity contribution is 7.14. The summed E-state index contributed by atoms with van der Waals surface area (Å²) in [5.41, 5.74) is 2.18. The van der Waals surface area contributed by atoms with Gasteiger partial charge in [0.05, 0.1) is 4.88 Å². The third-order valence-electron chi connectivity index (χ3n) is 4.45. The first kappa shape index (κ1) is 18.0. The maximum absolute atomic E-state index is 12.5. The number of carbonyl (C=O) groups excluding carboxylic acids is 2. The minimum absolute atomic E-state index is 0.0307. The van der Waals surface area contributed by atoms with E-state index < -0.39 is 0 Å². The Morgan fingerprint density at radius 3 is 2.68 bits per heavy atom. The molecule has 1 heterocycles. The molecule has 1 aromatic heterocycles. The highest BCUT2D eigenvalue weighted by atomic mass is 35.5. The first-order valence-corrected chi connectivity index (χ1v) is 9.49. The predicted octanol–water partition coefficient (Wildman–Crippen LogP) is 3.52. The summed E-state index contributed by atoms with van der Waals surface area (Å²) in [5, 5.41) is 3.70. The molecule has 0 saturated heterocycles. The quantitative estimate of drug-likeness (QED) is 0.887. The highest BCUT2D eigenvalue weighted by Crippen LogP contribution is 2.33. The van der Waals surface area contributed by atoms with Crippen molar-refractivity contribution in [1.29, 1.82) is 0 Å². The number of aryl methyl sites for hydroxylation is 1. The third kappa shape index (κ3) is 4.22. The van der Waals surface area contributed by atoms with Crippen LogP contribution in [0.4, 0.5) is 0 Å². The number of benzene rings is 1. The van der Waals surface area contributed by atoms with E-state index in [9.17, 15) is 9.59 Å². The van der Waals surface area contributed by atoms with Gasteiger partial charge in [-0.3, -0.25) is 9.59 Å². The lowest BCUT2D eigenvalue weighted by Crippen LogP contribution is -2.33. The molecule has 0 fully saturated rings. The van der Waals surface area contributed by atoms with Gasteiger partial charge in [-0.2, -0.15) is 0 Å². The predicted molar refractivity (Wildman–Crippen MR) is 101 cm³/mol. The number of fused-ring (bicyclic) bond motifs is 1. The number of nitrogens with one attached hydrogen (secondary N) is 1. The van der Waals surface area contributed by atoms with Gasteiger partial charge in [-0.1, -0.05) is 23.7 Å². The molecule has 2 aromatic rings. The van der Waals surface area contributed by atoms with E-state index >= 15 is 0 Å². The van der Waals surface area contributed by atoms with Gasteiger partial charge < -0.3 is 10.2 Å². The summed E-state index contributed by atoms with van der Waals surface area (Å²) in [7, 11) is 3.52. The van der Waals surface area contributed by atoms with Crippen LogP contribution in [0.2, 0.25) is 5.02 Å². The van der Waals surface area contributed by atoms with Crippen molar-refractivity contribution in [2.24, 2.45) is 5.92 Å². The molecule has 1 aliphatic rings. The van der Waals surface area contributed by atoms with Crippen molar-refractivity contribution >= 4 is 34.8 Å². The Bertz CT molecular complexity index is 783. The van der Waals surface area contributed by atoms with Gasteiger partial charge in [0.2, 0.25) is 5.91 Å². The zero-order valence-electron chi connectivity index (χ0n) is 14.3. The maximum Gasteiger partial charge on any atom is 0.263 e. The first-order chi connectivity index (χ1) is 11.9. The van der Waals surface area contributed by atoms with E-state index in [2.05, 4.69) is 5.32 Å². The van der Waals surface area contributed by atoms with Crippen LogP contribution < -0.4 is 5.32 Å². The lowest BCUT2D eigenvalue weighted by Gasteiger charge is -2.21. The Morgan fingerprint density at radius 1 is 1.28 bits per heavy atom. The number of carbonyl (C=O) groups is 2. The second-order valence-corrected chi connectivity index (χ2v) is 8.12. The minimum atomic E-state index is -0.0308. The number of hydrogen-bond donors (Lipinski definition) is 1. The number of rotatable bonds is 4. The second kappa shape index (κ2) is 7.58. The van der Waals surface area contributed by atoms with Crippen LogP contribution in [0.25, 0.3) is 0 Å². The summed E-state index contributed by atoms with van der Waals surface area (Å²) in [6, 6.07) is 9.44. The smallest absolute Gasteiger partial charge is 0.263 e. The molecule has 1 N–H and O–H groups in total. The van der Waals surface area contributed by atoms with Gasteiger partial charge in [-0.05, 0) is 48.6 Å². The Labute approximate surface area is 156 Å². The van der Waals surface area contributed by atoms with Gasteiger partial charge >= 0.3 is 0 Å². The topological polar surface area (TPSA) is 49.4 Å². The maximum atomic E-state index is 12.5. The fourth-order valence-electron chi connectivity index (χ4n) is 3.01. The van der Waals surface area contributed by atoms with Crippen LogP contribution in [0.3, 0.4) is 0 Å². The van der Waals surface area contributed by atoms with Gasteiger partial charge in [-0.25, -0.2) is 0 Å². The molecule has 0 radical (unpaired) electrons. The molecule has 0 bridgehead atoms. The summed E-state index contributed by atoms with van der Waals surface area (Å²) in [6.07, 6.45) is 2.40. The molecular weight excluding hydrogens is 356 g/mol. The van der Waals surface area contributed by atoms with Crippen LogP contribution in [-0.2, 0) is 24.2 Å². The van der Waals surface area contributed by atoms with Crippen molar-refractivity contribution in [2.45, 2.75) is 25.8 Å². The van der Waals surface area contributed by atoms with E-state index in [0.717, 1.165) is 28.8 Å². The van der Waals surface area contributed by atoms with Crippen LogP contribution in [0.15, 0.2) is 30.3 Å². The van der Waals surface area contributed by atoms with Gasteiger partial charge in [0.1, 0.15) is 0 Å². The van der Waals surface area contributed by atoms with E-state index in [0.29, 0.717) is 18.0 Å². The lowest BCUT2D eigenvalue weighted by molar-refractivity contribution is -0.125. The molecule has 4 nitrogen and oxygen atoms in total. The molecule has 6 heteroatoms.